The number of carbonyl (C=O) groups is 1. The van der Waals surface area contributed by atoms with Gasteiger partial charge in [-0.2, -0.15) is 0 Å². The van der Waals surface area contributed by atoms with Crippen molar-refractivity contribution in [1.29, 1.82) is 0 Å². The van der Waals surface area contributed by atoms with E-state index in [9.17, 15) is 13.2 Å². The molecular weight excluding hydrogens is 438 g/mol. The first-order chi connectivity index (χ1) is 12.8. The third kappa shape index (κ3) is 5.14. The Balaban J connectivity index is 2.54. The van der Waals surface area contributed by atoms with Gasteiger partial charge in [-0.25, -0.2) is 8.42 Å². The number of methoxy groups -OCH3 is 2. The molecule has 0 atom stereocenters. The predicted molar refractivity (Wildman–Crippen MR) is 105 cm³/mol. The van der Waals surface area contributed by atoms with Crippen LogP contribution in [0.5, 0.6) is 11.5 Å². The molecule has 0 saturated carbocycles. The lowest BCUT2D eigenvalue weighted by molar-refractivity contribution is -0.137. The van der Waals surface area contributed by atoms with Crippen LogP contribution in [0.2, 0.25) is 0 Å². The summed E-state index contributed by atoms with van der Waals surface area (Å²) in [5.41, 5.74) is 0.283. The lowest BCUT2D eigenvalue weighted by atomic mass is 10.2. The quantitative estimate of drug-likeness (QED) is 0.618. The SMILES string of the molecule is COc1ccc(OC)c(N(CCCC(=O)O)S(=O)(=O)c2ccc(Br)cc2)c1. The van der Waals surface area contributed by atoms with Crippen LogP contribution in [0.3, 0.4) is 0 Å². The predicted octanol–water partition coefficient (Wildman–Crippen LogP) is 3.53. The summed E-state index contributed by atoms with van der Waals surface area (Å²) < 4.78 is 38.9. The highest BCUT2D eigenvalue weighted by molar-refractivity contribution is 9.10. The molecule has 2 rings (SSSR count). The van der Waals surface area contributed by atoms with Crippen molar-refractivity contribution in [2.24, 2.45) is 0 Å². The van der Waals surface area contributed by atoms with Crippen molar-refractivity contribution in [2.45, 2.75) is 17.7 Å². The minimum atomic E-state index is -3.94. The van der Waals surface area contributed by atoms with Gasteiger partial charge in [0, 0.05) is 23.5 Å². The summed E-state index contributed by atoms with van der Waals surface area (Å²) in [5, 5.41) is 8.91. The Morgan fingerprint density at radius 2 is 1.78 bits per heavy atom. The van der Waals surface area contributed by atoms with E-state index in [1.165, 1.54) is 26.4 Å². The second kappa shape index (κ2) is 9.09. The summed E-state index contributed by atoms with van der Waals surface area (Å²) in [6.07, 6.45) is -0.00982. The molecule has 0 aliphatic rings. The Kier molecular flexibility index (Phi) is 7.09. The van der Waals surface area contributed by atoms with Crippen molar-refractivity contribution in [3.63, 3.8) is 0 Å². The third-order valence-electron chi connectivity index (χ3n) is 3.81. The van der Waals surface area contributed by atoms with E-state index >= 15 is 0 Å². The fourth-order valence-corrected chi connectivity index (χ4v) is 4.24. The van der Waals surface area contributed by atoms with Gasteiger partial charge in [0.25, 0.3) is 10.0 Å². The van der Waals surface area contributed by atoms with E-state index in [4.69, 9.17) is 14.6 Å². The molecule has 2 aromatic rings. The molecule has 9 heteroatoms. The number of benzene rings is 2. The van der Waals surface area contributed by atoms with Crippen molar-refractivity contribution in [3.05, 3.63) is 46.9 Å². The normalized spacial score (nSPS) is 11.1. The van der Waals surface area contributed by atoms with Crippen molar-refractivity contribution < 1.29 is 27.8 Å². The minimum absolute atomic E-state index is 0.0196. The molecule has 0 aromatic heterocycles. The summed E-state index contributed by atoms with van der Waals surface area (Å²) in [4.78, 5) is 11.0. The zero-order chi connectivity index (χ0) is 20.0. The van der Waals surface area contributed by atoms with Crippen LogP contribution in [0.4, 0.5) is 5.69 Å². The first-order valence-corrected chi connectivity index (χ1v) is 10.2. The van der Waals surface area contributed by atoms with Gasteiger partial charge in [-0.1, -0.05) is 15.9 Å². The zero-order valence-electron chi connectivity index (χ0n) is 14.9. The number of nitrogens with zero attached hydrogens (tertiary/aromatic N) is 1. The van der Waals surface area contributed by atoms with Crippen molar-refractivity contribution in [2.75, 3.05) is 25.1 Å². The fraction of sp³-hybridized carbons (Fsp3) is 0.278. The van der Waals surface area contributed by atoms with E-state index in [-0.39, 0.29) is 30.0 Å². The van der Waals surface area contributed by atoms with E-state index in [2.05, 4.69) is 15.9 Å². The Morgan fingerprint density at radius 3 is 2.33 bits per heavy atom. The number of ether oxygens (including phenoxy) is 2. The Labute approximate surface area is 166 Å². The van der Waals surface area contributed by atoms with E-state index in [1.807, 2.05) is 0 Å². The lowest BCUT2D eigenvalue weighted by Crippen LogP contribution is -2.32. The largest absolute Gasteiger partial charge is 0.497 e. The standard InChI is InChI=1S/C18H20BrNO6S/c1-25-14-7-10-17(26-2)16(12-14)20(11-3-4-18(21)22)27(23,24)15-8-5-13(19)6-9-15/h5-10,12H,3-4,11H2,1-2H3,(H,21,22). The molecule has 0 spiro atoms. The van der Waals surface area contributed by atoms with Crippen LogP contribution in [0.1, 0.15) is 12.8 Å². The van der Waals surface area contributed by atoms with Gasteiger partial charge in [-0.3, -0.25) is 9.10 Å². The average molecular weight is 458 g/mol. The Morgan fingerprint density at radius 1 is 1.11 bits per heavy atom. The molecule has 0 amide bonds. The first kappa shape index (κ1) is 21.0. The topological polar surface area (TPSA) is 93.1 Å². The van der Waals surface area contributed by atoms with Crippen molar-refractivity contribution in [3.8, 4) is 11.5 Å². The number of rotatable bonds is 9. The van der Waals surface area contributed by atoms with Gasteiger partial charge in [0.15, 0.2) is 0 Å². The summed E-state index contributed by atoms with van der Waals surface area (Å²) in [5.74, 6) is -0.194. The number of anilines is 1. The molecule has 0 aliphatic carbocycles. The summed E-state index contributed by atoms with van der Waals surface area (Å²) in [6.45, 7) is -0.0196. The van der Waals surface area contributed by atoms with Crippen LogP contribution >= 0.6 is 15.9 Å². The maximum atomic E-state index is 13.3. The van der Waals surface area contributed by atoms with Crippen LogP contribution in [-0.4, -0.2) is 40.3 Å². The number of aliphatic carboxylic acids is 1. The number of halogens is 1. The Bertz CT molecular complexity index is 899. The van der Waals surface area contributed by atoms with Gasteiger partial charge in [0.2, 0.25) is 0 Å². The third-order valence-corrected chi connectivity index (χ3v) is 6.16. The van der Waals surface area contributed by atoms with E-state index in [1.54, 1.807) is 30.3 Å². The molecule has 0 bridgehead atoms. The maximum Gasteiger partial charge on any atom is 0.303 e. The Hall–Kier alpha value is -2.26. The molecular formula is C18H20BrNO6S. The molecule has 0 saturated heterocycles. The molecule has 0 aliphatic heterocycles. The second-order valence-corrected chi connectivity index (χ2v) is 8.34. The smallest absolute Gasteiger partial charge is 0.303 e. The molecule has 0 radical (unpaired) electrons. The van der Waals surface area contributed by atoms with Gasteiger partial charge in [0.05, 0.1) is 24.8 Å². The van der Waals surface area contributed by atoms with E-state index in [0.717, 1.165) is 8.78 Å². The maximum absolute atomic E-state index is 13.3. The summed E-state index contributed by atoms with van der Waals surface area (Å²) in [7, 11) is -1.03. The number of carboxylic acids is 1. The van der Waals surface area contributed by atoms with Gasteiger partial charge in [-0.05, 0) is 42.8 Å². The number of hydrogen-bond donors (Lipinski definition) is 1. The minimum Gasteiger partial charge on any atom is -0.497 e. The van der Waals surface area contributed by atoms with Gasteiger partial charge < -0.3 is 14.6 Å². The molecule has 146 valence electrons. The van der Waals surface area contributed by atoms with Crippen LogP contribution in [0.25, 0.3) is 0 Å². The molecule has 27 heavy (non-hydrogen) atoms. The second-order valence-electron chi connectivity index (χ2n) is 5.57. The van der Waals surface area contributed by atoms with E-state index < -0.39 is 16.0 Å². The monoisotopic (exact) mass is 457 g/mol. The van der Waals surface area contributed by atoms with Crippen LogP contribution in [-0.2, 0) is 14.8 Å². The molecule has 0 fully saturated rings. The van der Waals surface area contributed by atoms with Crippen molar-refractivity contribution >= 4 is 37.6 Å². The molecule has 1 N–H and O–H groups in total. The molecule has 7 nitrogen and oxygen atoms in total. The number of carboxylic acid groups (broad SMARTS) is 1. The zero-order valence-corrected chi connectivity index (χ0v) is 17.3. The lowest BCUT2D eigenvalue weighted by Gasteiger charge is -2.26. The van der Waals surface area contributed by atoms with Crippen LogP contribution in [0, 0.1) is 0 Å². The first-order valence-electron chi connectivity index (χ1n) is 8.01. The van der Waals surface area contributed by atoms with Gasteiger partial charge in [0.1, 0.15) is 11.5 Å². The fourth-order valence-electron chi connectivity index (χ4n) is 2.47. The molecule has 2 aromatic carbocycles. The summed E-state index contributed by atoms with van der Waals surface area (Å²) >= 11 is 3.28. The number of sulfonamides is 1. The highest BCUT2D eigenvalue weighted by atomic mass is 79.9. The van der Waals surface area contributed by atoms with Gasteiger partial charge >= 0.3 is 5.97 Å². The van der Waals surface area contributed by atoms with Crippen LogP contribution < -0.4 is 13.8 Å². The molecule has 0 heterocycles. The van der Waals surface area contributed by atoms with E-state index in [0.29, 0.717) is 11.5 Å². The number of hydrogen-bond acceptors (Lipinski definition) is 5. The van der Waals surface area contributed by atoms with Gasteiger partial charge in [-0.15, -0.1) is 0 Å². The van der Waals surface area contributed by atoms with Crippen LogP contribution in [0.15, 0.2) is 51.8 Å². The highest BCUT2D eigenvalue weighted by Gasteiger charge is 2.27. The van der Waals surface area contributed by atoms with Crippen molar-refractivity contribution in [1.82, 2.24) is 0 Å². The average Bonchev–Trinajstić information content (AvgIpc) is 2.64. The summed E-state index contributed by atoms with van der Waals surface area (Å²) in [6, 6.07) is 11.0. The molecule has 0 unspecified atom stereocenters. The highest BCUT2D eigenvalue weighted by Crippen LogP contribution is 2.36.